The quantitative estimate of drug-likeness (QED) is 0.760. The molecule has 1 heterocycles. The molecular formula is C16H22O3. The van der Waals surface area contributed by atoms with Gasteiger partial charge in [0.15, 0.2) is 5.78 Å². The van der Waals surface area contributed by atoms with Crippen LogP contribution in [0.1, 0.15) is 50.4 Å². The van der Waals surface area contributed by atoms with E-state index >= 15 is 0 Å². The van der Waals surface area contributed by atoms with E-state index in [1.165, 1.54) is 0 Å². The van der Waals surface area contributed by atoms with Crippen LogP contribution >= 0.6 is 0 Å². The van der Waals surface area contributed by atoms with Gasteiger partial charge in [0, 0.05) is 6.42 Å². The fraction of sp³-hybridized carbons (Fsp3) is 0.562. The molecule has 0 aromatic heterocycles. The number of hydrogen-bond donors (Lipinski definition) is 0. The lowest BCUT2D eigenvalue weighted by molar-refractivity contribution is -0.0327. The topological polar surface area (TPSA) is 35.5 Å². The van der Waals surface area contributed by atoms with Crippen LogP contribution < -0.4 is 4.74 Å². The maximum Gasteiger partial charge on any atom is 0.166 e. The Bertz CT molecular complexity index is 451. The molecule has 0 N–H and O–H groups in total. The molecular weight excluding hydrogens is 240 g/mol. The van der Waals surface area contributed by atoms with Crippen LogP contribution in [0.5, 0.6) is 5.75 Å². The minimum absolute atomic E-state index is 0.0488. The maximum atomic E-state index is 11.8. The van der Waals surface area contributed by atoms with Gasteiger partial charge in [-0.2, -0.15) is 0 Å². The van der Waals surface area contributed by atoms with Crippen LogP contribution in [0.15, 0.2) is 24.3 Å². The first-order valence-corrected chi connectivity index (χ1v) is 6.94. The molecule has 1 aromatic rings. The fourth-order valence-corrected chi connectivity index (χ4v) is 2.39. The number of benzene rings is 1. The number of ether oxygens (including phenoxy) is 2. The minimum Gasteiger partial charge on any atom is -0.490 e. The summed E-state index contributed by atoms with van der Waals surface area (Å²) < 4.78 is 11.7. The number of rotatable bonds is 5. The zero-order valence-corrected chi connectivity index (χ0v) is 11.9. The van der Waals surface area contributed by atoms with Gasteiger partial charge in [-0.1, -0.05) is 19.1 Å². The van der Waals surface area contributed by atoms with Crippen molar-refractivity contribution in [2.75, 3.05) is 6.61 Å². The molecule has 1 unspecified atom stereocenters. The first-order chi connectivity index (χ1) is 9.02. The normalized spacial score (nSPS) is 21.3. The lowest BCUT2D eigenvalue weighted by Gasteiger charge is -2.20. The highest BCUT2D eigenvalue weighted by Crippen LogP contribution is 2.30. The Hall–Kier alpha value is -1.35. The third-order valence-corrected chi connectivity index (χ3v) is 3.49. The van der Waals surface area contributed by atoms with Crippen LogP contribution in [0.2, 0.25) is 0 Å². The van der Waals surface area contributed by atoms with Gasteiger partial charge in [-0.15, -0.1) is 0 Å². The Morgan fingerprint density at radius 2 is 2.16 bits per heavy atom. The Labute approximate surface area is 114 Å². The van der Waals surface area contributed by atoms with Crippen molar-refractivity contribution in [1.29, 1.82) is 0 Å². The van der Waals surface area contributed by atoms with Gasteiger partial charge in [0.05, 0.1) is 17.3 Å². The van der Waals surface area contributed by atoms with Crippen molar-refractivity contribution in [1.82, 2.24) is 0 Å². The second kappa shape index (κ2) is 5.74. The molecule has 0 amide bonds. The Balaban J connectivity index is 1.98. The van der Waals surface area contributed by atoms with Gasteiger partial charge in [-0.25, -0.2) is 0 Å². The summed E-state index contributed by atoms with van der Waals surface area (Å²) in [6, 6.07) is 7.43. The van der Waals surface area contributed by atoms with Gasteiger partial charge in [-0.05, 0) is 38.8 Å². The number of carbonyl (C=O) groups excluding carboxylic acids is 1. The van der Waals surface area contributed by atoms with E-state index in [1.54, 1.807) is 0 Å². The third kappa shape index (κ3) is 3.57. The van der Waals surface area contributed by atoms with Crippen LogP contribution in [-0.2, 0) is 4.74 Å². The van der Waals surface area contributed by atoms with Crippen molar-refractivity contribution in [2.45, 2.75) is 51.7 Å². The molecule has 1 atom stereocenters. The largest absolute Gasteiger partial charge is 0.490 e. The summed E-state index contributed by atoms with van der Waals surface area (Å²) in [5, 5.41) is 0. The molecule has 1 fully saturated rings. The van der Waals surface area contributed by atoms with Crippen LogP contribution in [0.4, 0.5) is 0 Å². The summed E-state index contributed by atoms with van der Waals surface area (Å²) in [5.41, 5.74) is 0.620. The lowest BCUT2D eigenvalue weighted by atomic mass is 10.1. The highest BCUT2D eigenvalue weighted by atomic mass is 16.6. The molecule has 0 aliphatic carbocycles. The van der Waals surface area contributed by atoms with E-state index in [1.807, 2.05) is 31.2 Å². The predicted octanol–water partition coefficient (Wildman–Crippen LogP) is 3.62. The first kappa shape index (κ1) is 14.1. The Kier molecular flexibility index (Phi) is 4.25. The summed E-state index contributed by atoms with van der Waals surface area (Å²) in [6.07, 6.45) is 2.68. The van der Waals surface area contributed by atoms with Gasteiger partial charge in [0.25, 0.3) is 0 Å². The van der Waals surface area contributed by atoms with Crippen molar-refractivity contribution < 1.29 is 14.3 Å². The van der Waals surface area contributed by atoms with Crippen molar-refractivity contribution in [3.63, 3.8) is 0 Å². The van der Waals surface area contributed by atoms with Crippen molar-refractivity contribution in [3.05, 3.63) is 29.8 Å². The van der Waals surface area contributed by atoms with E-state index < -0.39 is 0 Å². The highest BCUT2D eigenvalue weighted by molar-refractivity contribution is 5.98. The molecule has 0 saturated carbocycles. The minimum atomic E-state index is -0.0488. The zero-order chi connectivity index (χ0) is 13.9. The molecule has 1 aliphatic heterocycles. The van der Waals surface area contributed by atoms with E-state index in [4.69, 9.17) is 9.47 Å². The molecule has 1 aliphatic rings. The van der Waals surface area contributed by atoms with Crippen molar-refractivity contribution in [2.24, 2.45) is 0 Å². The van der Waals surface area contributed by atoms with E-state index in [0.717, 1.165) is 12.8 Å². The summed E-state index contributed by atoms with van der Waals surface area (Å²) in [4.78, 5) is 11.8. The summed E-state index contributed by atoms with van der Waals surface area (Å²) in [7, 11) is 0. The summed E-state index contributed by atoms with van der Waals surface area (Å²) in [5.74, 6) is 0.783. The zero-order valence-electron chi connectivity index (χ0n) is 11.9. The number of ketones is 1. The molecule has 3 heteroatoms. The van der Waals surface area contributed by atoms with Crippen LogP contribution in [0.25, 0.3) is 0 Å². The Morgan fingerprint density at radius 3 is 2.79 bits per heavy atom. The second-order valence-corrected chi connectivity index (χ2v) is 5.62. The van der Waals surface area contributed by atoms with E-state index in [2.05, 4.69) is 13.8 Å². The van der Waals surface area contributed by atoms with Gasteiger partial charge in [-0.3, -0.25) is 4.79 Å². The lowest BCUT2D eigenvalue weighted by Crippen LogP contribution is -2.24. The molecule has 0 bridgehead atoms. The summed E-state index contributed by atoms with van der Waals surface area (Å²) >= 11 is 0. The third-order valence-electron chi connectivity index (χ3n) is 3.49. The SMILES string of the molecule is CCC(=O)c1ccccc1OCC1CCC(C)(C)O1. The number of Topliss-reactive ketones (excluding diaryl/α,β-unsaturated/α-hetero) is 1. The molecule has 0 radical (unpaired) electrons. The van der Waals surface area contributed by atoms with Crippen LogP contribution in [-0.4, -0.2) is 24.1 Å². The summed E-state index contributed by atoms with van der Waals surface area (Å²) in [6.45, 7) is 6.57. The van der Waals surface area contributed by atoms with E-state index in [0.29, 0.717) is 24.3 Å². The average Bonchev–Trinajstić information content (AvgIpc) is 2.75. The molecule has 0 spiro atoms. The molecule has 104 valence electrons. The van der Waals surface area contributed by atoms with Gasteiger partial charge in [0.2, 0.25) is 0 Å². The second-order valence-electron chi connectivity index (χ2n) is 5.62. The fourth-order valence-electron chi connectivity index (χ4n) is 2.39. The van der Waals surface area contributed by atoms with Crippen molar-refractivity contribution in [3.8, 4) is 5.75 Å². The van der Waals surface area contributed by atoms with Gasteiger partial charge in [0.1, 0.15) is 12.4 Å². The smallest absolute Gasteiger partial charge is 0.166 e. The van der Waals surface area contributed by atoms with Gasteiger partial charge < -0.3 is 9.47 Å². The number of hydrogen-bond acceptors (Lipinski definition) is 3. The Morgan fingerprint density at radius 1 is 1.42 bits per heavy atom. The molecule has 2 rings (SSSR count). The van der Waals surface area contributed by atoms with Crippen LogP contribution in [0, 0.1) is 0 Å². The molecule has 1 saturated heterocycles. The highest BCUT2D eigenvalue weighted by Gasteiger charge is 2.32. The first-order valence-electron chi connectivity index (χ1n) is 6.94. The molecule has 1 aromatic carbocycles. The molecule has 19 heavy (non-hydrogen) atoms. The van der Waals surface area contributed by atoms with Crippen molar-refractivity contribution >= 4 is 5.78 Å². The molecule has 3 nitrogen and oxygen atoms in total. The van der Waals surface area contributed by atoms with Crippen LogP contribution in [0.3, 0.4) is 0 Å². The van der Waals surface area contributed by atoms with Gasteiger partial charge >= 0.3 is 0 Å². The number of para-hydroxylation sites is 1. The average molecular weight is 262 g/mol. The predicted molar refractivity (Wildman–Crippen MR) is 74.7 cm³/mol. The monoisotopic (exact) mass is 262 g/mol. The van der Waals surface area contributed by atoms with E-state index in [9.17, 15) is 4.79 Å². The maximum absolute atomic E-state index is 11.8. The standard InChI is InChI=1S/C16H22O3/c1-4-14(17)13-7-5-6-8-15(13)18-11-12-9-10-16(2,3)19-12/h5-8,12H,4,9-11H2,1-3H3. The van der Waals surface area contributed by atoms with E-state index in [-0.39, 0.29) is 17.5 Å². The number of carbonyl (C=O) groups is 1.